The summed E-state index contributed by atoms with van der Waals surface area (Å²) in [4.78, 5) is 11.5. The lowest BCUT2D eigenvalue weighted by Gasteiger charge is -2.11. The van der Waals surface area contributed by atoms with E-state index in [0.29, 0.717) is 12.2 Å². The van der Waals surface area contributed by atoms with Crippen molar-refractivity contribution < 1.29 is 13.9 Å². The van der Waals surface area contributed by atoms with Crippen molar-refractivity contribution in [3.63, 3.8) is 0 Å². The van der Waals surface area contributed by atoms with E-state index in [4.69, 9.17) is 10.5 Å². The third-order valence-corrected chi connectivity index (χ3v) is 2.21. The number of nitrogens with one attached hydrogen (secondary N) is 1. The summed E-state index contributed by atoms with van der Waals surface area (Å²) in [6, 6.07) is 3.48. The fourth-order valence-electron chi connectivity index (χ4n) is 1.14. The minimum Gasteiger partial charge on any atom is -0.497 e. The number of ether oxygens (including phenoxy) is 1. The normalized spacial score (nSPS) is 12.0. The second-order valence-corrected chi connectivity index (χ2v) is 3.35. The van der Waals surface area contributed by atoms with Gasteiger partial charge in [-0.2, -0.15) is 0 Å². The van der Waals surface area contributed by atoms with Gasteiger partial charge in [-0.25, -0.2) is 4.39 Å². The summed E-state index contributed by atoms with van der Waals surface area (Å²) < 4.78 is 18.3. The number of rotatable bonds is 4. The Kier molecular flexibility index (Phi) is 4.25. The second kappa shape index (κ2) is 5.46. The van der Waals surface area contributed by atoms with Crippen LogP contribution in [0.3, 0.4) is 0 Å². The Balaban J connectivity index is 2.83. The van der Waals surface area contributed by atoms with Crippen molar-refractivity contribution in [2.45, 2.75) is 19.4 Å². The predicted molar refractivity (Wildman–Crippen MR) is 59.8 cm³/mol. The van der Waals surface area contributed by atoms with Crippen molar-refractivity contribution >= 4 is 11.6 Å². The Morgan fingerprint density at radius 3 is 2.88 bits per heavy atom. The number of benzene rings is 1. The number of carbonyl (C=O) groups excluding carboxylic acids is 1. The Hall–Kier alpha value is -1.62. The molecule has 0 aromatic heterocycles. The van der Waals surface area contributed by atoms with Gasteiger partial charge in [-0.1, -0.05) is 6.92 Å². The summed E-state index contributed by atoms with van der Waals surface area (Å²) in [5.74, 6) is -0.450. The maximum Gasteiger partial charge on any atom is 0.241 e. The molecular formula is C11H15FN2O2. The van der Waals surface area contributed by atoms with Gasteiger partial charge >= 0.3 is 0 Å². The first-order valence-corrected chi connectivity index (χ1v) is 4.98. The van der Waals surface area contributed by atoms with Gasteiger partial charge in [0.1, 0.15) is 11.6 Å². The molecule has 88 valence electrons. The highest BCUT2D eigenvalue weighted by atomic mass is 19.1. The van der Waals surface area contributed by atoms with E-state index in [-0.39, 0.29) is 5.69 Å². The van der Waals surface area contributed by atoms with Gasteiger partial charge in [0.2, 0.25) is 5.91 Å². The zero-order valence-electron chi connectivity index (χ0n) is 9.29. The van der Waals surface area contributed by atoms with E-state index in [9.17, 15) is 9.18 Å². The number of halogens is 1. The fraction of sp³-hybridized carbons (Fsp3) is 0.364. The molecule has 1 rings (SSSR count). The zero-order chi connectivity index (χ0) is 12.1. The lowest BCUT2D eigenvalue weighted by atomic mass is 10.2. The van der Waals surface area contributed by atoms with E-state index in [2.05, 4.69) is 5.32 Å². The summed E-state index contributed by atoms with van der Waals surface area (Å²) in [7, 11) is 1.47. The Labute approximate surface area is 93.6 Å². The van der Waals surface area contributed by atoms with Crippen molar-refractivity contribution in [3.05, 3.63) is 24.0 Å². The number of methoxy groups -OCH3 is 1. The molecule has 1 atom stereocenters. The van der Waals surface area contributed by atoms with E-state index in [1.165, 1.54) is 25.3 Å². The maximum atomic E-state index is 13.3. The maximum absolute atomic E-state index is 13.3. The molecule has 0 spiro atoms. The molecule has 1 aromatic carbocycles. The molecule has 0 bridgehead atoms. The first-order valence-electron chi connectivity index (χ1n) is 4.98. The lowest BCUT2D eigenvalue weighted by molar-refractivity contribution is -0.117. The molecule has 0 fully saturated rings. The first kappa shape index (κ1) is 12.4. The van der Waals surface area contributed by atoms with Crippen LogP contribution in [0.1, 0.15) is 13.3 Å². The molecule has 0 saturated carbocycles. The number of hydrogen-bond acceptors (Lipinski definition) is 3. The minimum atomic E-state index is -0.634. The molecule has 1 aromatic rings. The van der Waals surface area contributed by atoms with Crippen LogP contribution in [-0.2, 0) is 4.79 Å². The monoisotopic (exact) mass is 226 g/mol. The van der Waals surface area contributed by atoms with Gasteiger partial charge < -0.3 is 15.8 Å². The molecule has 3 N–H and O–H groups in total. The molecule has 0 radical (unpaired) electrons. The zero-order valence-corrected chi connectivity index (χ0v) is 9.29. The van der Waals surface area contributed by atoms with Crippen LogP contribution >= 0.6 is 0 Å². The molecule has 0 aliphatic rings. The summed E-state index contributed by atoms with van der Waals surface area (Å²) in [6.07, 6.45) is 0.497. The highest BCUT2D eigenvalue weighted by molar-refractivity contribution is 5.94. The SMILES string of the molecule is CC[C@@H](N)C(=O)Nc1cc(OC)ccc1F. The van der Waals surface area contributed by atoms with Gasteiger partial charge in [0, 0.05) is 6.07 Å². The van der Waals surface area contributed by atoms with Crippen LogP contribution < -0.4 is 15.8 Å². The van der Waals surface area contributed by atoms with Crippen LogP contribution in [0.25, 0.3) is 0 Å². The predicted octanol–water partition coefficient (Wildman–Crippen LogP) is 1.51. The van der Waals surface area contributed by atoms with E-state index in [1.807, 2.05) is 0 Å². The Bertz CT molecular complexity index is 382. The summed E-state index contributed by atoms with van der Waals surface area (Å²) in [6.45, 7) is 1.78. The van der Waals surface area contributed by atoms with Gasteiger partial charge in [0.05, 0.1) is 18.8 Å². The third-order valence-electron chi connectivity index (χ3n) is 2.21. The van der Waals surface area contributed by atoms with Gasteiger partial charge in [0.15, 0.2) is 0 Å². The molecular weight excluding hydrogens is 211 g/mol. The average Bonchev–Trinajstić information content (AvgIpc) is 2.30. The van der Waals surface area contributed by atoms with Crippen molar-refractivity contribution in [1.29, 1.82) is 0 Å². The standard InChI is InChI=1S/C11H15FN2O2/c1-3-9(13)11(15)14-10-6-7(16-2)4-5-8(10)12/h4-6,9H,3,13H2,1-2H3,(H,14,15)/t9-/m1/s1. The molecule has 0 aliphatic carbocycles. The summed E-state index contributed by atoms with van der Waals surface area (Å²) >= 11 is 0. The van der Waals surface area contributed by atoms with Crippen LogP contribution in [-0.4, -0.2) is 19.1 Å². The highest BCUT2D eigenvalue weighted by Gasteiger charge is 2.13. The molecule has 0 unspecified atom stereocenters. The molecule has 5 heteroatoms. The average molecular weight is 226 g/mol. The highest BCUT2D eigenvalue weighted by Crippen LogP contribution is 2.21. The lowest BCUT2D eigenvalue weighted by Crippen LogP contribution is -2.35. The number of amides is 1. The minimum absolute atomic E-state index is 0.0771. The molecule has 0 aliphatic heterocycles. The van der Waals surface area contributed by atoms with Crippen LogP contribution in [0.4, 0.5) is 10.1 Å². The van der Waals surface area contributed by atoms with Gasteiger partial charge in [0.25, 0.3) is 0 Å². The number of anilines is 1. The summed E-state index contributed by atoms with van der Waals surface area (Å²) in [5.41, 5.74) is 5.60. The van der Waals surface area contributed by atoms with Crippen molar-refractivity contribution in [2.75, 3.05) is 12.4 Å². The summed E-state index contributed by atoms with van der Waals surface area (Å²) in [5, 5.41) is 2.42. The van der Waals surface area contributed by atoms with E-state index < -0.39 is 17.8 Å². The van der Waals surface area contributed by atoms with Gasteiger partial charge in [-0.05, 0) is 18.6 Å². The van der Waals surface area contributed by atoms with Crippen LogP contribution in [0, 0.1) is 5.82 Å². The first-order chi connectivity index (χ1) is 7.58. The fourth-order valence-corrected chi connectivity index (χ4v) is 1.14. The van der Waals surface area contributed by atoms with Gasteiger partial charge in [-0.3, -0.25) is 4.79 Å². The van der Waals surface area contributed by atoms with Gasteiger partial charge in [-0.15, -0.1) is 0 Å². The number of nitrogens with two attached hydrogens (primary N) is 1. The Morgan fingerprint density at radius 1 is 1.62 bits per heavy atom. The quantitative estimate of drug-likeness (QED) is 0.817. The third kappa shape index (κ3) is 2.93. The molecule has 4 nitrogen and oxygen atoms in total. The molecule has 16 heavy (non-hydrogen) atoms. The number of carbonyl (C=O) groups is 1. The smallest absolute Gasteiger partial charge is 0.241 e. The molecule has 0 saturated heterocycles. The van der Waals surface area contributed by atoms with Crippen molar-refractivity contribution in [3.8, 4) is 5.75 Å². The second-order valence-electron chi connectivity index (χ2n) is 3.35. The van der Waals surface area contributed by atoms with E-state index >= 15 is 0 Å². The van der Waals surface area contributed by atoms with E-state index in [1.54, 1.807) is 6.92 Å². The van der Waals surface area contributed by atoms with Crippen molar-refractivity contribution in [2.24, 2.45) is 5.73 Å². The van der Waals surface area contributed by atoms with Crippen molar-refractivity contribution in [1.82, 2.24) is 0 Å². The molecule has 0 heterocycles. The van der Waals surface area contributed by atoms with Crippen LogP contribution in [0.15, 0.2) is 18.2 Å². The van der Waals surface area contributed by atoms with E-state index in [0.717, 1.165) is 0 Å². The van der Waals surface area contributed by atoms with Crippen LogP contribution in [0.2, 0.25) is 0 Å². The number of hydrogen-bond donors (Lipinski definition) is 2. The van der Waals surface area contributed by atoms with Crippen LogP contribution in [0.5, 0.6) is 5.75 Å². The Morgan fingerprint density at radius 2 is 2.31 bits per heavy atom. The largest absolute Gasteiger partial charge is 0.497 e. The topological polar surface area (TPSA) is 64.4 Å². The molecule has 1 amide bonds.